The van der Waals surface area contributed by atoms with Gasteiger partial charge in [-0.15, -0.1) is 0 Å². The van der Waals surface area contributed by atoms with Gasteiger partial charge in [0.2, 0.25) is 0 Å². The summed E-state index contributed by atoms with van der Waals surface area (Å²) in [7, 11) is 1.53. The van der Waals surface area contributed by atoms with Crippen molar-refractivity contribution in [3.05, 3.63) is 31.5 Å². The fourth-order valence-corrected chi connectivity index (χ4v) is 3.28. The molecule has 222 valence electrons. The van der Waals surface area contributed by atoms with Gasteiger partial charge in [0, 0.05) is 7.11 Å². The van der Waals surface area contributed by atoms with Crippen LogP contribution < -0.4 is 17.1 Å². The van der Waals surface area contributed by atoms with Gasteiger partial charge < -0.3 is 48.1 Å². The second-order valence-corrected chi connectivity index (χ2v) is 9.61. The Bertz CT molecular complexity index is 938. The van der Waals surface area contributed by atoms with Gasteiger partial charge in [-0.1, -0.05) is 0 Å². The van der Waals surface area contributed by atoms with Gasteiger partial charge >= 0.3 is 17.1 Å². The maximum Gasteiger partial charge on any atom is 0.336 e. The van der Waals surface area contributed by atoms with E-state index in [4.69, 9.17) is 43.4 Å². The van der Waals surface area contributed by atoms with Crippen LogP contribution in [0.15, 0.2) is 14.4 Å². The Labute approximate surface area is 223 Å². The number of aliphatic hydroxyl groups is 2. The van der Waals surface area contributed by atoms with Gasteiger partial charge in [-0.05, 0) is 0 Å². The lowest BCUT2D eigenvalue weighted by atomic mass is 10.4. The number of nitrogens with zero attached hydrogens (tertiary/aromatic N) is 3. The summed E-state index contributed by atoms with van der Waals surface area (Å²) in [6.45, 7) is 5.14. The molecule has 6 heterocycles. The standard InChI is InChI=1S/C12H15N3O6.C8H16O5.C3H6O2/c16-10-13(1-7-4-19-7)11(17)15(3-9-6-21-9)12(18)14(10)2-8-5-20-8;1-10-2-7(9)3-11-6-12-4-8-5-13-8;4-1-3-2-5-3/h7-9H,1-6H2;7-9H,2-6H2,1H3;3-4H,1-2H2. The van der Waals surface area contributed by atoms with Crippen molar-refractivity contribution in [1.29, 1.82) is 0 Å². The monoisotopic (exact) mass is 563 g/mol. The Balaban J connectivity index is 0.000000166. The Hall–Kier alpha value is -1.99. The van der Waals surface area contributed by atoms with Gasteiger partial charge in [0.25, 0.3) is 0 Å². The minimum Gasteiger partial charge on any atom is -0.394 e. The third-order valence-electron chi connectivity index (χ3n) is 5.90. The van der Waals surface area contributed by atoms with Crippen LogP contribution in [0.1, 0.15) is 0 Å². The molecule has 5 aliphatic rings. The van der Waals surface area contributed by atoms with Crippen molar-refractivity contribution < 1.29 is 48.1 Å². The molecule has 16 nitrogen and oxygen atoms in total. The van der Waals surface area contributed by atoms with Crippen LogP contribution in [0, 0.1) is 0 Å². The van der Waals surface area contributed by atoms with Crippen LogP contribution in [-0.4, -0.2) is 134 Å². The molecule has 6 rings (SSSR count). The first-order valence-electron chi connectivity index (χ1n) is 12.8. The van der Waals surface area contributed by atoms with E-state index in [1.54, 1.807) is 0 Å². The molecule has 0 aromatic carbocycles. The molecule has 1 aromatic heterocycles. The molecule has 39 heavy (non-hydrogen) atoms. The zero-order valence-corrected chi connectivity index (χ0v) is 21.9. The lowest BCUT2D eigenvalue weighted by Gasteiger charge is -2.12. The Morgan fingerprint density at radius 3 is 1.44 bits per heavy atom. The second-order valence-electron chi connectivity index (χ2n) is 9.61. The van der Waals surface area contributed by atoms with Gasteiger partial charge in [-0.25, -0.2) is 28.1 Å². The van der Waals surface area contributed by atoms with Crippen LogP contribution in [0.2, 0.25) is 0 Å². The van der Waals surface area contributed by atoms with Crippen LogP contribution >= 0.6 is 0 Å². The van der Waals surface area contributed by atoms with E-state index in [9.17, 15) is 14.4 Å². The van der Waals surface area contributed by atoms with Crippen LogP contribution in [0.3, 0.4) is 0 Å². The van der Waals surface area contributed by atoms with Crippen LogP contribution in [0.25, 0.3) is 0 Å². The van der Waals surface area contributed by atoms with Crippen molar-refractivity contribution in [2.75, 3.05) is 73.4 Å². The molecule has 0 saturated carbocycles. The predicted octanol–water partition coefficient (Wildman–Crippen LogP) is -3.87. The molecular weight excluding hydrogens is 526 g/mol. The van der Waals surface area contributed by atoms with Crippen molar-refractivity contribution in [2.24, 2.45) is 0 Å². The van der Waals surface area contributed by atoms with Gasteiger partial charge in [0.05, 0.1) is 97.4 Å². The number of methoxy groups -OCH3 is 1. The normalized spacial score (nSPS) is 27.9. The molecule has 6 atom stereocenters. The zero-order valence-electron chi connectivity index (χ0n) is 21.9. The third kappa shape index (κ3) is 10.8. The van der Waals surface area contributed by atoms with Gasteiger partial charge in [0.15, 0.2) is 0 Å². The number of ether oxygens (including phenoxy) is 8. The van der Waals surface area contributed by atoms with Crippen LogP contribution in [0.4, 0.5) is 0 Å². The molecule has 0 bridgehead atoms. The molecule has 5 aliphatic heterocycles. The minimum atomic E-state index is -0.594. The number of aliphatic hydroxyl groups excluding tert-OH is 2. The Morgan fingerprint density at radius 2 is 1.13 bits per heavy atom. The minimum absolute atomic E-state index is 0.121. The summed E-state index contributed by atoms with van der Waals surface area (Å²) >= 11 is 0. The molecule has 6 unspecified atom stereocenters. The highest BCUT2D eigenvalue weighted by Gasteiger charge is 2.31. The molecule has 1 aromatic rings. The maximum atomic E-state index is 12.4. The summed E-state index contributed by atoms with van der Waals surface area (Å²) in [5.41, 5.74) is -1.78. The molecule has 0 spiro atoms. The molecular formula is C23H37N3O13. The number of rotatable bonds is 15. The highest BCUT2D eigenvalue weighted by molar-refractivity contribution is 4.86. The zero-order chi connectivity index (χ0) is 27.8. The van der Waals surface area contributed by atoms with E-state index in [0.717, 1.165) is 26.9 Å². The second kappa shape index (κ2) is 14.6. The molecule has 5 saturated heterocycles. The summed E-state index contributed by atoms with van der Waals surface area (Å²) in [6.07, 6.45) is -0.495. The van der Waals surface area contributed by atoms with Crippen molar-refractivity contribution in [3.8, 4) is 0 Å². The quantitative estimate of drug-likeness (QED) is 0.120. The summed E-state index contributed by atoms with van der Waals surface area (Å²) in [5, 5.41) is 17.2. The van der Waals surface area contributed by atoms with E-state index in [1.165, 1.54) is 7.11 Å². The lowest BCUT2D eigenvalue weighted by molar-refractivity contribution is -0.0906. The van der Waals surface area contributed by atoms with Crippen LogP contribution in [-0.2, 0) is 57.5 Å². The first-order valence-corrected chi connectivity index (χ1v) is 12.8. The molecule has 2 N–H and O–H groups in total. The number of epoxide rings is 5. The highest BCUT2D eigenvalue weighted by Crippen LogP contribution is 2.12. The summed E-state index contributed by atoms with van der Waals surface area (Å²) in [5.74, 6) is 0. The molecule has 16 heteroatoms. The topological polar surface area (TPSA) is 197 Å². The Morgan fingerprint density at radius 1 is 0.718 bits per heavy atom. The molecule has 0 aliphatic carbocycles. The average molecular weight is 564 g/mol. The van der Waals surface area contributed by atoms with Crippen LogP contribution in [0.5, 0.6) is 0 Å². The fraction of sp³-hybridized carbons (Fsp3) is 0.870. The summed E-state index contributed by atoms with van der Waals surface area (Å²) in [4.78, 5) is 37.1. The van der Waals surface area contributed by atoms with Gasteiger partial charge in [-0.2, -0.15) is 0 Å². The number of hydrogen-bond acceptors (Lipinski definition) is 13. The average Bonchev–Trinajstić information content (AvgIpc) is 3.71. The largest absolute Gasteiger partial charge is 0.394 e. The van der Waals surface area contributed by atoms with Gasteiger partial charge in [-0.3, -0.25) is 0 Å². The van der Waals surface area contributed by atoms with E-state index in [0.29, 0.717) is 26.4 Å². The third-order valence-corrected chi connectivity index (χ3v) is 5.90. The molecule has 0 radical (unpaired) electrons. The van der Waals surface area contributed by atoms with E-state index < -0.39 is 23.2 Å². The van der Waals surface area contributed by atoms with Crippen molar-refractivity contribution in [1.82, 2.24) is 13.7 Å². The van der Waals surface area contributed by atoms with E-state index in [2.05, 4.69) is 4.74 Å². The van der Waals surface area contributed by atoms with Gasteiger partial charge in [0.1, 0.15) is 25.1 Å². The van der Waals surface area contributed by atoms with Crippen molar-refractivity contribution in [3.63, 3.8) is 0 Å². The SMILES string of the molecule is COCC(O)COCOCC1CO1.O=c1n(CC2CO2)c(=O)n(CC2CO2)c(=O)n1CC1CO1.OCC1CO1. The summed E-state index contributed by atoms with van der Waals surface area (Å²) in [6, 6.07) is 0. The Kier molecular flexibility index (Phi) is 11.2. The first-order chi connectivity index (χ1) is 18.9. The highest BCUT2D eigenvalue weighted by atomic mass is 16.7. The van der Waals surface area contributed by atoms with Crippen molar-refractivity contribution in [2.45, 2.75) is 56.3 Å². The number of aromatic nitrogens is 3. The maximum absolute atomic E-state index is 12.4. The summed E-state index contributed by atoms with van der Waals surface area (Å²) < 4.78 is 42.8. The lowest BCUT2D eigenvalue weighted by Crippen LogP contribution is -2.55. The van der Waals surface area contributed by atoms with Crippen molar-refractivity contribution >= 4 is 0 Å². The van der Waals surface area contributed by atoms with E-state index in [1.807, 2.05) is 0 Å². The predicted molar refractivity (Wildman–Crippen MR) is 130 cm³/mol. The first kappa shape index (κ1) is 30.0. The smallest absolute Gasteiger partial charge is 0.336 e. The van der Waals surface area contributed by atoms with E-state index >= 15 is 0 Å². The fourth-order valence-electron chi connectivity index (χ4n) is 3.28. The number of hydrogen-bond donors (Lipinski definition) is 2. The van der Waals surface area contributed by atoms with E-state index in [-0.39, 0.29) is 76.8 Å². The molecule has 0 amide bonds. The molecule has 5 fully saturated rings.